The van der Waals surface area contributed by atoms with Crippen LogP contribution in [-0.2, 0) is 0 Å². The summed E-state index contributed by atoms with van der Waals surface area (Å²) in [4.78, 5) is 22.3. The first kappa shape index (κ1) is 29.1. The predicted octanol–water partition coefficient (Wildman–Crippen LogP) is 11.0. The Labute approximate surface area is 287 Å². The van der Waals surface area contributed by atoms with Crippen molar-refractivity contribution in [2.75, 3.05) is 9.80 Å². The Morgan fingerprint density at radius 3 is 1.04 bits per heavy atom. The zero-order chi connectivity index (χ0) is 33.3. The number of rotatable bonds is 8. The molecule has 9 rings (SSSR count). The molecule has 0 saturated carbocycles. The lowest BCUT2D eigenvalue weighted by Crippen LogP contribution is -2.12. The second kappa shape index (κ2) is 12.5. The van der Waals surface area contributed by atoms with E-state index in [-0.39, 0.29) is 0 Å². The maximum atomic E-state index is 5.95. The van der Waals surface area contributed by atoms with Crippen molar-refractivity contribution in [3.8, 4) is 22.9 Å². The molecule has 4 aromatic heterocycles. The van der Waals surface area contributed by atoms with E-state index in [1.54, 1.807) is 12.4 Å². The number of fused-ring (bicyclic) bond motifs is 2. The smallest absolute Gasteiger partial charge is 0.247 e. The van der Waals surface area contributed by atoms with Crippen LogP contribution in [-0.4, -0.2) is 19.9 Å². The molecule has 9 aromatic rings. The van der Waals surface area contributed by atoms with Crippen LogP contribution in [0.4, 0.5) is 34.1 Å². The lowest BCUT2D eigenvalue weighted by Gasteiger charge is -2.28. The Hall–Kier alpha value is -7.06. The van der Waals surface area contributed by atoms with E-state index in [0.717, 1.165) is 56.3 Å². The van der Waals surface area contributed by atoms with Gasteiger partial charge in [-0.2, -0.15) is 0 Å². The molecule has 0 aliphatic heterocycles. The molecule has 8 nitrogen and oxygen atoms in total. The largest absolute Gasteiger partial charge is 0.418 e. The first-order chi connectivity index (χ1) is 24.8. The summed E-state index contributed by atoms with van der Waals surface area (Å²) in [5, 5.41) is 0. The van der Waals surface area contributed by atoms with Gasteiger partial charge in [-0.3, -0.25) is 0 Å². The van der Waals surface area contributed by atoms with Crippen molar-refractivity contribution in [3.63, 3.8) is 0 Å². The second-order valence-electron chi connectivity index (χ2n) is 11.6. The zero-order valence-electron chi connectivity index (χ0n) is 26.7. The maximum absolute atomic E-state index is 5.95. The quantitative estimate of drug-likeness (QED) is 0.161. The average molecular weight is 649 g/mol. The minimum absolute atomic E-state index is 0.517. The minimum atomic E-state index is 0.517. The number of aromatic nitrogens is 4. The van der Waals surface area contributed by atoms with Crippen LogP contribution in [0.5, 0.6) is 0 Å². The molecule has 0 bridgehead atoms. The number of nitrogens with zero attached hydrogens (tertiary/aromatic N) is 6. The van der Waals surface area contributed by atoms with Crippen LogP contribution in [0.2, 0.25) is 0 Å². The fourth-order valence-corrected chi connectivity index (χ4v) is 6.09. The molecule has 0 unspecified atom stereocenters. The molecule has 0 atom stereocenters. The van der Waals surface area contributed by atoms with Crippen molar-refractivity contribution >= 4 is 56.6 Å². The minimum Gasteiger partial charge on any atom is -0.418 e. The van der Waals surface area contributed by atoms with E-state index >= 15 is 0 Å². The molecule has 0 aliphatic rings. The highest BCUT2D eigenvalue weighted by Gasteiger charge is 2.18. The van der Waals surface area contributed by atoms with Gasteiger partial charge in [0.25, 0.3) is 0 Å². The Morgan fingerprint density at radius 1 is 0.340 bits per heavy atom. The van der Waals surface area contributed by atoms with Gasteiger partial charge in [-0.05, 0) is 121 Å². The molecule has 0 aliphatic carbocycles. The second-order valence-corrected chi connectivity index (χ2v) is 11.6. The van der Waals surface area contributed by atoms with Gasteiger partial charge >= 0.3 is 0 Å². The maximum Gasteiger partial charge on any atom is 0.247 e. The molecule has 238 valence electrons. The number of anilines is 6. The van der Waals surface area contributed by atoms with Gasteiger partial charge in [0.15, 0.2) is 0 Å². The number of oxazole rings is 2. The van der Waals surface area contributed by atoms with Crippen molar-refractivity contribution < 1.29 is 8.83 Å². The van der Waals surface area contributed by atoms with Gasteiger partial charge in [-0.15, -0.1) is 0 Å². The Balaban J connectivity index is 1.10. The highest BCUT2D eigenvalue weighted by Crippen LogP contribution is 2.40. The molecular weight excluding hydrogens is 621 g/mol. The zero-order valence-corrected chi connectivity index (χ0v) is 26.7. The summed E-state index contributed by atoms with van der Waals surface area (Å²) in [6.45, 7) is 0. The summed E-state index contributed by atoms with van der Waals surface area (Å²) in [7, 11) is 0. The summed E-state index contributed by atoms with van der Waals surface area (Å²) >= 11 is 0. The molecular formula is C42H28N6O2. The Morgan fingerprint density at radius 2 is 0.680 bits per heavy atom. The van der Waals surface area contributed by atoms with Crippen LogP contribution < -0.4 is 9.80 Å². The SMILES string of the molecule is c1ccc(N(c2ccccc2)c2ccc(N(c3ccc(-c4nc5cccnc5o4)cc3)c3ccc(-c4nc5cccnc5o4)cc3)cc2)cc1. The van der Waals surface area contributed by atoms with Crippen LogP contribution in [0.1, 0.15) is 0 Å². The molecule has 5 aromatic carbocycles. The third-order valence-corrected chi connectivity index (χ3v) is 8.47. The van der Waals surface area contributed by atoms with Gasteiger partial charge in [-0.1, -0.05) is 36.4 Å². The number of hydrogen-bond donors (Lipinski definition) is 0. The van der Waals surface area contributed by atoms with Gasteiger partial charge in [0.2, 0.25) is 23.2 Å². The molecule has 0 radical (unpaired) electrons. The molecule has 0 spiro atoms. The topological polar surface area (TPSA) is 84.3 Å². The van der Waals surface area contributed by atoms with Gasteiger partial charge < -0.3 is 18.6 Å². The number of para-hydroxylation sites is 2. The standard InChI is InChI=1S/C42H28N6O2/c1-3-9-31(10-4-1)47(32-11-5-2-6-12-32)35-23-25-36(26-24-35)48(33-19-15-29(16-20-33)39-45-37-13-7-27-43-41(37)49-39)34-21-17-30(18-22-34)40-46-38-14-8-28-44-42(38)50-40/h1-28H. The van der Waals surface area contributed by atoms with E-state index in [1.165, 1.54) is 0 Å². The molecule has 0 saturated heterocycles. The van der Waals surface area contributed by atoms with Crippen LogP contribution in [0.25, 0.3) is 45.4 Å². The fraction of sp³-hybridized carbons (Fsp3) is 0. The Bertz CT molecular complexity index is 2310. The third kappa shape index (κ3) is 5.50. The van der Waals surface area contributed by atoms with Crippen LogP contribution in [0.3, 0.4) is 0 Å². The molecule has 0 N–H and O–H groups in total. The van der Waals surface area contributed by atoms with Gasteiger partial charge in [-0.25, -0.2) is 19.9 Å². The highest BCUT2D eigenvalue weighted by atomic mass is 16.4. The van der Waals surface area contributed by atoms with E-state index in [4.69, 9.17) is 8.83 Å². The lowest BCUT2D eigenvalue weighted by molar-refractivity contribution is 0.607. The fourth-order valence-electron chi connectivity index (χ4n) is 6.09. The van der Waals surface area contributed by atoms with Crippen molar-refractivity contribution in [1.82, 2.24) is 19.9 Å². The number of benzene rings is 5. The first-order valence-corrected chi connectivity index (χ1v) is 16.2. The van der Waals surface area contributed by atoms with E-state index in [9.17, 15) is 0 Å². The molecule has 0 amide bonds. The predicted molar refractivity (Wildman–Crippen MR) is 197 cm³/mol. The van der Waals surface area contributed by atoms with Crippen molar-refractivity contribution in [2.24, 2.45) is 0 Å². The lowest BCUT2D eigenvalue weighted by atomic mass is 10.1. The summed E-state index contributed by atoms with van der Waals surface area (Å²) in [6, 6.07) is 53.3. The summed E-state index contributed by atoms with van der Waals surface area (Å²) in [5.74, 6) is 1.06. The van der Waals surface area contributed by atoms with E-state index in [0.29, 0.717) is 23.2 Å². The monoisotopic (exact) mass is 648 g/mol. The summed E-state index contributed by atoms with van der Waals surface area (Å²) < 4.78 is 11.9. The molecule has 0 fully saturated rings. The third-order valence-electron chi connectivity index (χ3n) is 8.47. The number of hydrogen-bond acceptors (Lipinski definition) is 8. The molecule has 4 heterocycles. The number of pyridine rings is 2. The van der Waals surface area contributed by atoms with Gasteiger partial charge in [0.05, 0.1) is 0 Å². The highest BCUT2D eigenvalue weighted by molar-refractivity contribution is 5.83. The first-order valence-electron chi connectivity index (χ1n) is 16.2. The van der Waals surface area contributed by atoms with Crippen molar-refractivity contribution in [1.29, 1.82) is 0 Å². The molecule has 50 heavy (non-hydrogen) atoms. The normalized spacial score (nSPS) is 11.2. The van der Waals surface area contributed by atoms with E-state index < -0.39 is 0 Å². The van der Waals surface area contributed by atoms with Gasteiger partial charge in [0, 0.05) is 57.6 Å². The Kier molecular flexibility index (Phi) is 7.29. The summed E-state index contributed by atoms with van der Waals surface area (Å²) in [6.07, 6.45) is 3.41. The summed E-state index contributed by atoms with van der Waals surface area (Å²) in [5.41, 5.74) is 10.4. The van der Waals surface area contributed by atoms with Crippen molar-refractivity contribution in [2.45, 2.75) is 0 Å². The average Bonchev–Trinajstić information content (AvgIpc) is 3.82. The molecule has 8 heteroatoms. The van der Waals surface area contributed by atoms with Crippen LogP contribution in [0.15, 0.2) is 179 Å². The van der Waals surface area contributed by atoms with E-state index in [2.05, 4.69) is 127 Å². The van der Waals surface area contributed by atoms with Crippen LogP contribution in [0, 0.1) is 0 Å². The van der Waals surface area contributed by atoms with E-state index in [1.807, 2.05) is 60.7 Å². The van der Waals surface area contributed by atoms with Gasteiger partial charge in [0.1, 0.15) is 11.0 Å². The van der Waals surface area contributed by atoms with Crippen LogP contribution >= 0.6 is 0 Å². The van der Waals surface area contributed by atoms with Crippen molar-refractivity contribution in [3.05, 3.63) is 170 Å².